The number of hydrogen-bond acceptors (Lipinski definition) is 2. The molecule has 0 radical (unpaired) electrons. The fraction of sp³-hybridized carbons (Fsp3) is 0.333. The van der Waals surface area contributed by atoms with Crippen LogP contribution >= 0.6 is 0 Å². The van der Waals surface area contributed by atoms with Gasteiger partial charge in [0.2, 0.25) is 0 Å². The molecule has 0 aliphatic carbocycles. The highest BCUT2D eigenvalue weighted by atomic mass is 16.4. The molecule has 1 N–H and O–H groups in total. The molecule has 0 spiro atoms. The molecule has 4 nitrogen and oxygen atoms in total. The van der Waals surface area contributed by atoms with Crippen molar-refractivity contribution in [2.45, 2.75) is 26.2 Å². The van der Waals surface area contributed by atoms with Gasteiger partial charge in [0.05, 0.1) is 24.0 Å². The highest BCUT2D eigenvalue weighted by molar-refractivity contribution is 5.73. The molecule has 0 aromatic carbocycles. The van der Waals surface area contributed by atoms with Crippen LogP contribution < -0.4 is 0 Å². The maximum absolute atomic E-state index is 10.7. The highest BCUT2D eigenvalue weighted by Gasteiger charge is 2.09. The van der Waals surface area contributed by atoms with Crippen molar-refractivity contribution in [3.05, 3.63) is 35.9 Å². The van der Waals surface area contributed by atoms with Crippen molar-refractivity contribution < 1.29 is 9.90 Å². The van der Waals surface area contributed by atoms with E-state index < -0.39 is 5.97 Å². The molecule has 2 aromatic rings. The van der Waals surface area contributed by atoms with Gasteiger partial charge in [-0.05, 0) is 23.6 Å². The largest absolute Gasteiger partial charge is 0.481 e. The zero-order valence-corrected chi connectivity index (χ0v) is 9.34. The molecule has 16 heavy (non-hydrogen) atoms. The van der Waals surface area contributed by atoms with Crippen LogP contribution in [0.25, 0.3) is 5.52 Å². The van der Waals surface area contributed by atoms with Crippen molar-refractivity contribution in [3.63, 3.8) is 0 Å². The van der Waals surface area contributed by atoms with Crippen LogP contribution in [0.1, 0.15) is 31.0 Å². The zero-order chi connectivity index (χ0) is 11.7. The number of rotatable bonds is 3. The summed E-state index contributed by atoms with van der Waals surface area (Å²) >= 11 is 0. The number of nitrogens with zero attached hydrogens (tertiary/aromatic N) is 2. The van der Waals surface area contributed by atoms with Crippen LogP contribution in [-0.2, 0) is 11.2 Å². The fourth-order valence-corrected chi connectivity index (χ4v) is 1.70. The minimum atomic E-state index is -0.851. The van der Waals surface area contributed by atoms with Crippen LogP contribution in [0.2, 0.25) is 0 Å². The monoisotopic (exact) mass is 218 g/mol. The maximum Gasteiger partial charge on any atom is 0.309 e. The second-order valence-electron chi connectivity index (χ2n) is 4.17. The van der Waals surface area contributed by atoms with Gasteiger partial charge in [0.1, 0.15) is 0 Å². The Balaban J connectivity index is 2.51. The SMILES string of the molecule is CC(C)c1ccn2cnc(CC(=O)O)c2c1. The van der Waals surface area contributed by atoms with E-state index in [0.29, 0.717) is 11.6 Å². The lowest BCUT2D eigenvalue weighted by molar-refractivity contribution is -0.136. The van der Waals surface area contributed by atoms with Gasteiger partial charge >= 0.3 is 5.97 Å². The fourth-order valence-electron chi connectivity index (χ4n) is 1.70. The van der Waals surface area contributed by atoms with Gasteiger partial charge in [-0.1, -0.05) is 13.8 Å². The normalized spacial score (nSPS) is 11.2. The Morgan fingerprint density at radius 2 is 2.31 bits per heavy atom. The molecule has 0 unspecified atom stereocenters. The van der Waals surface area contributed by atoms with Gasteiger partial charge in [-0.15, -0.1) is 0 Å². The number of carboxylic acids is 1. The lowest BCUT2D eigenvalue weighted by Crippen LogP contribution is -2.01. The van der Waals surface area contributed by atoms with Crippen LogP contribution in [-0.4, -0.2) is 20.5 Å². The van der Waals surface area contributed by atoms with Gasteiger partial charge in [-0.2, -0.15) is 0 Å². The topological polar surface area (TPSA) is 54.6 Å². The number of fused-ring (bicyclic) bond motifs is 1. The second kappa shape index (κ2) is 3.96. The molecule has 0 bridgehead atoms. The highest BCUT2D eigenvalue weighted by Crippen LogP contribution is 2.18. The lowest BCUT2D eigenvalue weighted by atomic mass is 10.0. The minimum absolute atomic E-state index is 0.0297. The van der Waals surface area contributed by atoms with E-state index in [2.05, 4.69) is 18.8 Å². The molecule has 0 fully saturated rings. The van der Waals surface area contributed by atoms with Gasteiger partial charge in [0.25, 0.3) is 0 Å². The Hall–Kier alpha value is -1.84. The molecule has 0 aliphatic heterocycles. The number of aromatic nitrogens is 2. The molecule has 4 heteroatoms. The van der Waals surface area contributed by atoms with Gasteiger partial charge in [-0.3, -0.25) is 4.79 Å². The first kappa shape index (κ1) is 10.7. The Morgan fingerprint density at radius 1 is 1.56 bits per heavy atom. The molecule has 0 saturated heterocycles. The summed E-state index contributed by atoms with van der Waals surface area (Å²) in [6.07, 6.45) is 3.54. The van der Waals surface area contributed by atoms with E-state index in [1.54, 1.807) is 6.33 Å². The van der Waals surface area contributed by atoms with Crippen LogP contribution in [0, 0.1) is 0 Å². The van der Waals surface area contributed by atoms with Gasteiger partial charge in [0.15, 0.2) is 0 Å². The van der Waals surface area contributed by atoms with E-state index in [1.165, 1.54) is 5.56 Å². The standard InChI is InChI=1S/C12H14N2O2/c1-8(2)9-3-4-14-7-13-10(6-12(15)16)11(14)5-9/h3-5,7-8H,6H2,1-2H3,(H,15,16). The Kier molecular flexibility index (Phi) is 2.64. The molecule has 2 heterocycles. The third-order valence-corrected chi connectivity index (χ3v) is 2.63. The quantitative estimate of drug-likeness (QED) is 0.858. The van der Waals surface area contributed by atoms with E-state index >= 15 is 0 Å². The molecule has 2 rings (SSSR count). The third kappa shape index (κ3) is 1.91. The minimum Gasteiger partial charge on any atom is -0.481 e. The zero-order valence-electron chi connectivity index (χ0n) is 9.34. The summed E-state index contributed by atoms with van der Waals surface area (Å²) in [5.41, 5.74) is 2.70. The van der Waals surface area contributed by atoms with Gasteiger partial charge < -0.3 is 9.51 Å². The third-order valence-electron chi connectivity index (χ3n) is 2.63. The Labute approximate surface area is 93.5 Å². The predicted octanol–water partition coefficient (Wildman–Crippen LogP) is 2.08. The summed E-state index contributed by atoms with van der Waals surface area (Å²) in [6, 6.07) is 4.04. The van der Waals surface area contributed by atoms with E-state index in [-0.39, 0.29) is 6.42 Å². The van der Waals surface area contributed by atoms with E-state index in [9.17, 15) is 4.79 Å². The van der Waals surface area contributed by atoms with Crippen LogP contribution in [0.4, 0.5) is 0 Å². The van der Waals surface area contributed by atoms with E-state index in [0.717, 1.165) is 5.52 Å². The molecular formula is C12H14N2O2. The number of imidazole rings is 1. The molecule has 84 valence electrons. The summed E-state index contributed by atoms with van der Waals surface area (Å²) < 4.78 is 1.85. The van der Waals surface area contributed by atoms with Crippen molar-refractivity contribution in [2.24, 2.45) is 0 Å². The van der Waals surface area contributed by atoms with Crippen molar-refractivity contribution in [1.29, 1.82) is 0 Å². The first-order chi connectivity index (χ1) is 7.58. The summed E-state index contributed by atoms with van der Waals surface area (Å²) in [4.78, 5) is 14.8. The number of hydrogen-bond donors (Lipinski definition) is 1. The van der Waals surface area contributed by atoms with Crippen molar-refractivity contribution in [2.75, 3.05) is 0 Å². The maximum atomic E-state index is 10.7. The molecule has 0 saturated carbocycles. The summed E-state index contributed by atoms with van der Waals surface area (Å²) in [6.45, 7) is 4.22. The number of pyridine rings is 1. The number of carboxylic acid groups (broad SMARTS) is 1. The van der Waals surface area contributed by atoms with Crippen molar-refractivity contribution in [1.82, 2.24) is 9.38 Å². The van der Waals surface area contributed by atoms with Gasteiger partial charge in [-0.25, -0.2) is 4.98 Å². The van der Waals surface area contributed by atoms with E-state index in [1.807, 2.05) is 22.7 Å². The van der Waals surface area contributed by atoms with Crippen LogP contribution in [0.5, 0.6) is 0 Å². The van der Waals surface area contributed by atoms with Crippen molar-refractivity contribution >= 4 is 11.5 Å². The van der Waals surface area contributed by atoms with E-state index in [4.69, 9.17) is 5.11 Å². The molecule has 2 aromatic heterocycles. The molecule has 0 aliphatic rings. The molecular weight excluding hydrogens is 204 g/mol. The average molecular weight is 218 g/mol. The first-order valence-corrected chi connectivity index (χ1v) is 5.25. The first-order valence-electron chi connectivity index (χ1n) is 5.25. The number of carbonyl (C=O) groups is 1. The van der Waals surface area contributed by atoms with Crippen LogP contribution in [0.15, 0.2) is 24.7 Å². The average Bonchev–Trinajstić information content (AvgIpc) is 2.60. The lowest BCUT2D eigenvalue weighted by Gasteiger charge is -2.05. The summed E-state index contributed by atoms with van der Waals surface area (Å²) in [5.74, 6) is -0.423. The van der Waals surface area contributed by atoms with Crippen LogP contribution in [0.3, 0.4) is 0 Å². The number of aliphatic carboxylic acids is 1. The molecule has 0 amide bonds. The second-order valence-corrected chi connectivity index (χ2v) is 4.17. The van der Waals surface area contributed by atoms with Crippen molar-refractivity contribution in [3.8, 4) is 0 Å². The Bertz CT molecular complexity index is 529. The summed E-state index contributed by atoms with van der Waals surface area (Å²) in [5, 5.41) is 8.77. The Morgan fingerprint density at radius 3 is 2.94 bits per heavy atom. The van der Waals surface area contributed by atoms with Gasteiger partial charge in [0, 0.05) is 6.20 Å². The molecule has 0 atom stereocenters. The predicted molar refractivity (Wildman–Crippen MR) is 60.6 cm³/mol. The smallest absolute Gasteiger partial charge is 0.309 e. The summed E-state index contributed by atoms with van der Waals surface area (Å²) in [7, 11) is 0.